The van der Waals surface area contributed by atoms with Gasteiger partial charge in [0, 0.05) is 25.1 Å². The van der Waals surface area contributed by atoms with Crippen LogP contribution in [0, 0.1) is 5.92 Å². The fourth-order valence-corrected chi connectivity index (χ4v) is 3.65. The van der Waals surface area contributed by atoms with Crippen molar-refractivity contribution in [2.75, 3.05) is 13.1 Å². The van der Waals surface area contributed by atoms with Crippen LogP contribution in [-0.2, 0) is 10.3 Å². The summed E-state index contributed by atoms with van der Waals surface area (Å²) in [5.41, 5.74) is 0.517. The van der Waals surface area contributed by atoms with Gasteiger partial charge in [0.15, 0.2) is 0 Å². The summed E-state index contributed by atoms with van der Waals surface area (Å²) in [6.07, 6.45) is 0.867. The minimum absolute atomic E-state index is 0.154. The van der Waals surface area contributed by atoms with Crippen LogP contribution < -0.4 is 10.1 Å². The van der Waals surface area contributed by atoms with Gasteiger partial charge in [0.25, 0.3) is 0 Å². The lowest BCUT2D eigenvalue weighted by Crippen LogP contribution is -2.62. The lowest BCUT2D eigenvalue weighted by Gasteiger charge is -2.54. The van der Waals surface area contributed by atoms with Crippen LogP contribution in [0.1, 0.15) is 46.6 Å². The smallest absolute Gasteiger partial charge is 0.126 e. The van der Waals surface area contributed by atoms with Gasteiger partial charge in [-0.25, -0.2) is 0 Å². The maximum absolute atomic E-state index is 6.78. The molecule has 0 bridgehead atoms. The van der Waals surface area contributed by atoms with Crippen molar-refractivity contribution in [2.24, 2.45) is 5.92 Å². The van der Waals surface area contributed by atoms with Crippen LogP contribution >= 0.6 is 0 Å². The molecule has 0 aromatic heterocycles. The Balaban J connectivity index is 2.07. The van der Waals surface area contributed by atoms with E-state index in [1.54, 1.807) is 0 Å². The molecule has 1 saturated heterocycles. The van der Waals surface area contributed by atoms with Crippen LogP contribution in [0.2, 0.25) is 0 Å². The molecule has 0 radical (unpaired) electrons. The van der Waals surface area contributed by atoms with E-state index in [-0.39, 0.29) is 16.8 Å². The highest BCUT2D eigenvalue weighted by Gasteiger charge is 2.52. The summed E-state index contributed by atoms with van der Waals surface area (Å²) in [6.45, 7) is 12.7. The first-order chi connectivity index (χ1) is 9.77. The fourth-order valence-electron chi connectivity index (χ4n) is 3.65. The normalized spacial score (nSPS) is 34.6. The van der Waals surface area contributed by atoms with Gasteiger partial charge in [0.05, 0.1) is 5.60 Å². The minimum Gasteiger partial charge on any atom is -0.487 e. The second-order valence-electron chi connectivity index (χ2n) is 7.70. The molecule has 1 aromatic carbocycles. The molecule has 0 aliphatic carbocycles. The van der Waals surface area contributed by atoms with Crippen molar-refractivity contribution < 1.29 is 9.47 Å². The summed E-state index contributed by atoms with van der Waals surface area (Å²) in [7, 11) is 0. The first kappa shape index (κ1) is 14.9. The van der Waals surface area contributed by atoms with Gasteiger partial charge in [-0.2, -0.15) is 0 Å². The average molecular weight is 289 g/mol. The lowest BCUT2D eigenvalue weighted by molar-refractivity contribution is -0.218. The fraction of sp³-hybridized carbons (Fsp3) is 0.667. The van der Waals surface area contributed by atoms with Gasteiger partial charge in [-0.1, -0.05) is 32.0 Å². The Morgan fingerprint density at radius 1 is 1.10 bits per heavy atom. The lowest BCUT2D eigenvalue weighted by atomic mass is 9.77. The summed E-state index contributed by atoms with van der Waals surface area (Å²) in [6, 6.07) is 8.32. The quantitative estimate of drug-likeness (QED) is 0.858. The van der Waals surface area contributed by atoms with Crippen molar-refractivity contribution in [2.45, 2.75) is 57.8 Å². The van der Waals surface area contributed by atoms with Gasteiger partial charge in [-0.3, -0.25) is 0 Å². The third-order valence-electron chi connectivity index (χ3n) is 5.01. The van der Waals surface area contributed by atoms with E-state index in [1.165, 1.54) is 5.56 Å². The van der Waals surface area contributed by atoms with Crippen LogP contribution in [0.3, 0.4) is 0 Å². The number of nitrogens with one attached hydrogen (secondary N) is 1. The standard InChI is InChI=1S/C18H27NO2/c1-13(2)17(5)11-19-12-18(21-17)10-16(3,4)20-15-9-7-6-8-14(15)18/h6-9,13,19H,10-12H2,1-5H3. The molecule has 2 unspecified atom stereocenters. The molecular formula is C18H27NO2. The van der Waals surface area contributed by atoms with E-state index in [9.17, 15) is 0 Å². The maximum Gasteiger partial charge on any atom is 0.126 e. The van der Waals surface area contributed by atoms with Crippen molar-refractivity contribution in [3.8, 4) is 5.75 Å². The molecule has 1 aromatic rings. The van der Waals surface area contributed by atoms with Crippen molar-refractivity contribution in [1.82, 2.24) is 5.32 Å². The van der Waals surface area contributed by atoms with Crippen LogP contribution in [0.4, 0.5) is 0 Å². The van der Waals surface area contributed by atoms with E-state index in [0.717, 1.165) is 25.3 Å². The number of fused-ring (bicyclic) bond motifs is 2. The van der Waals surface area contributed by atoms with Crippen molar-refractivity contribution in [1.29, 1.82) is 0 Å². The second-order valence-corrected chi connectivity index (χ2v) is 7.70. The van der Waals surface area contributed by atoms with E-state index in [2.05, 4.69) is 58.1 Å². The molecule has 3 rings (SSSR count). The Morgan fingerprint density at radius 3 is 2.52 bits per heavy atom. The topological polar surface area (TPSA) is 30.5 Å². The number of para-hydroxylation sites is 1. The van der Waals surface area contributed by atoms with Crippen LogP contribution in [0.15, 0.2) is 24.3 Å². The molecule has 0 amide bonds. The largest absolute Gasteiger partial charge is 0.487 e. The monoisotopic (exact) mass is 289 g/mol. The predicted octanol–water partition coefficient (Wildman–Crippen LogP) is 3.48. The van der Waals surface area contributed by atoms with Gasteiger partial charge in [-0.15, -0.1) is 0 Å². The molecular weight excluding hydrogens is 262 g/mol. The first-order valence-electron chi connectivity index (χ1n) is 7.96. The van der Waals surface area contributed by atoms with Gasteiger partial charge < -0.3 is 14.8 Å². The van der Waals surface area contributed by atoms with E-state index in [0.29, 0.717) is 5.92 Å². The number of morpholine rings is 1. The number of rotatable bonds is 1. The van der Waals surface area contributed by atoms with Gasteiger partial charge in [-0.05, 0) is 32.8 Å². The van der Waals surface area contributed by atoms with E-state index in [4.69, 9.17) is 9.47 Å². The van der Waals surface area contributed by atoms with Crippen LogP contribution in [0.5, 0.6) is 5.75 Å². The molecule has 0 saturated carbocycles. The molecule has 1 fully saturated rings. The maximum atomic E-state index is 6.78. The Bertz CT molecular complexity index is 540. The summed E-state index contributed by atoms with van der Waals surface area (Å²) < 4.78 is 13.0. The van der Waals surface area contributed by atoms with Crippen LogP contribution in [0.25, 0.3) is 0 Å². The zero-order valence-electron chi connectivity index (χ0n) is 13.8. The molecule has 2 aliphatic heterocycles. The van der Waals surface area contributed by atoms with Crippen LogP contribution in [-0.4, -0.2) is 24.3 Å². The number of ether oxygens (including phenoxy) is 2. The van der Waals surface area contributed by atoms with E-state index < -0.39 is 0 Å². The highest BCUT2D eigenvalue weighted by atomic mass is 16.5. The Labute approximate surface area is 128 Å². The molecule has 116 valence electrons. The summed E-state index contributed by atoms with van der Waals surface area (Å²) in [4.78, 5) is 0. The van der Waals surface area contributed by atoms with Crippen molar-refractivity contribution >= 4 is 0 Å². The zero-order valence-corrected chi connectivity index (χ0v) is 13.8. The summed E-state index contributed by atoms with van der Waals surface area (Å²) >= 11 is 0. The second kappa shape index (κ2) is 4.72. The van der Waals surface area contributed by atoms with Gasteiger partial charge in [0.1, 0.15) is 17.0 Å². The summed E-state index contributed by atoms with van der Waals surface area (Å²) in [5.74, 6) is 1.42. The van der Waals surface area contributed by atoms with Crippen molar-refractivity contribution in [3.63, 3.8) is 0 Å². The first-order valence-corrected chi connectivity index (χ1v) is 7.96. The Kier molecular flexibility index (Phi) is 3.34. The molecule has 2 atom stereocenters. The highest BCUT2D eigenvalue weighted by molar-refractivity contribution is 5.42. The predicted molar refractivity (Wildman–Crippen MR) is 84.6 cm³/mol. The van der Waals surface area contributed by atoms with E-state index >= 15 is 0 Å². The third kappa shape index (κ3) is 2.47. The molecule has 2 aliphatic rings. The highest BCUT2D eigenvalue weighted by Crippen LogP contribution is 2.49. The molecule has 1 spiro atoms. The number of hydrogen-bond donors (Lipinski definition) is 1. The van der Waals surface area contributed by atoms with Gasteiger partial charge >= 0.3 is 0 Å². The Morgan fingerprint density at radius 2 is 1.81 bits per heavy atom. The summed E-state index contributed by atoms with van der Waals surface area (Å²) in [5, 5.41) is 3.62. The average Bonchev–Trinajstić information content (AvgIpc) is 2.37. The SMILES string of the molecule is CC(C)C1(C)CNCC2(CC(C)(C)Oc3ccccc32)O1. The van der Waals surface area contributed by atoms with Crippen molar-refractivity contribution in [3.05, 3.63) is 29.8 Å². The van der Waals surface area contributed by atoms with Gasteiger partial charge in [0.2, 0.25) is 0 Å². The number of benzene rings is 1. The number of hydrogen-bond acceptors (Lipinski definition) is 3. The molecule has 1 N–H and O–H groups in total. The zero-order chi connectivity index (χ0) is 15.3. The molecule has 21 heavy (non-hydrogen) atoms. The Hall–Kier alpha value is -1.06. The molecule has 2 heterocycles. The molecule has 3 heteroatoms. The minimum atomic E-state index is -0.296. The van der Waals surface area contributed by atoms with E-state index in [1.807, 2.05) is 6.07 Å². The third-order valence-corrected chi connectivity index (χ3v) is 5.01. The molecule has 3 nitrogen and oxygen atoms in total.